The van der Waals surface area contributed by atoms with Crippen LogP contribution in [0.2, 0.25) is 0 Å². The smallest absolute Gasteiger partial charge is 0.0640 e. The van der Waals surface area contributed by atoms with Crippen LogP contribution in [0.5, 0.6) is 0 Å². The van der Waals surface area contributed by atoms with Gasteiger partial charge in [-0.15, -0.1) is 22.7 Å². The third-order valence-electron chi connectivity index (χ3n) is 12.1. The molecule has 10 aromatic carbocycles. The number of anilines is 3. The van der Waals surface area contributed by atoms with Crippen molar-refractivity contribution in [1.82, 2.24) is 0 Å². The molecule has 0 aliphatic carbocycles. The summed E-state index contributed by atoms with van der Waals surface area (Å²) in [4.78, 5) is 2.46. The normalized spacial score (nSPS) is 11.6. The second kappa shape index (κ2) is 14.8. The van der Waals surface area contributed by atoms with Crippen molar-refractivity contribution in [2.24, 2.45) is 0 Å². The highest BCUT2D eigenvalue weighted by Crippen LogP contribution is 2.50. The van der Waals surface area contributed by atoms with Crippen LogP contribution in [0.1, 0.15) is 0 Å². The van der Waals surface area contributed by atoms with Gasteiger partial charge in [-0.05, 0) is 110 Å². The Morgan fingerprint density at radius 2 is 0.852 bits per heavy atom. The lowest BCUT2D eigenvalue weighted by Gasteiger charge is -2.27. The molecular formula is C58H37NS2. The lowest BCUT2D eigenvalue weighted by Crippen LogP contribution is -2.10. The molecule has 0 radical (unpaired) electrons. The number of thiophene rings is 2. The fourth-order valence-electron chi connectivity index (χ4n) is 9.21. The van der Waals surface area contributed by atoms with Crippen molar-refractivity contribution in [2.45, 2.75) is 0 Å². The van der Waals surface area contributed by atoms with Crippen molar-refractivity contribution in [2.75, 3.05) is 4.90 Å². The number of benzene rings is 10. The van der Waals surface area contributed by atoms with Crippen molar-refractivity contribution in [3.8, 4) is 44.5 Å². The van der Waals surface area contributed by atoms with E-state index in [1.54, 1.807) is 0 Å². The summed E-state index contributed by atoms with van der Waals surface area (Å²) in [5.74, 6) is 0. The third kappa shape index (κ3) is 6.13. The lowest BCUT2D eigenvalue weighted by atomic mass is 9.91. The van der Waals surface area contributed by atoms with Gasteiger partial charge in [0.05, 0.1) is 10.4 Å². The van der Waals surface area contributed by atoms with E-state index in [4.69, 9.17) is 0 Å². The molecule has 0 bridgehead atoms. The zero-order valence-corrected chi connectivity index (χ0v) is 34.8. The molecule has 0 unspecified atom stereocenters. The molecule has 0 aliphatic rings. The maximum Gasteiger partial charge on any atom is 0.0640 e. The number of fused-ring (bicyclic) bond motifs is 7. The molecule has 0 N–H and O–H groups in total. The second-order valence-electron chi connectivity index (χ2n) is 15.6. The molecule has 2 heterocycles. The Balaban J connectivity index is 1.05. The Hall–Kier alpha value is -7.30. The van der Waals surface area contributed by atoms with Gasteiger partial charge in [-0.2, -0.15) is 0 Å². The molecule has 0 saturated carbocycles. The minimum atomic E-state index is 1.11. The van der Waals surface area contributed by atoms with E-state index in [0.29, 0.717) is 0 Å². The van der Waals surface area contributed by atoms with Crippen molar-refractivity contribution >= 4 is 90.9 Å². The van der Waals surface area contributed by atoms with E-state index in [9.17, 15) is 0 Å². The SMILES string of the molecule is c1ccc(-c2ccccc2-c2ccc(N(c3ccc(-c4ccc5ccccc5c4)cc3)c3ccc(-c4cccc5sc6ccccc6c45)cc3)c3sc4ccccc4c23)cc1. The first-order valence-electron chi connectivity index (χ1n) is 20.7. The lowest BCUT2D eigenvalue weighted by molar-refractivity contribution is 1.30. The Kier molecular flexibility index (Phi) is 8.62. The molecule has 0 amide bonds. The van der Waals surface area contributed by atoms with Gasteiger partial charge in [0.25, 0.3) is 0 Å². The fraction of sp³-hybridized carbons (Fsp3) is 0. The summed E-state index contributed by atoms with van der Waals surface area (Å²) in [7, 11) is 0. The highest BCUT2D eigenvalue weighted by Gasteiger charge is 2.22. The van der Waals surface area contributed by atoms with E-state index in [1.165, 1.54) is 95.6 Å². The van der Waals surface area contributed by atoms with E-state index in [1.807, 2.05) is 22.7 Å². The van der Waals surface area contributed by atoms with Gasteiger partial charge in [0.15, 0.2) is 0 Å². The molecule has 61 heavy (non-hydrogen) atoms. The van der Waals surface area contributed by atoms with E-state index in [-0.39, 0.29) is 0 Å². The first kappa shape index (κ1) is 35.6. The predicted molar refractivity (Wildman–Crippen MR) is 266 cm³/mol. The van der Waals surface area contributed by atoms with E-state index in [0.717, 1.165) is 17.1 Å². The van der Waals surface area contributed by atoms with Gasteiger partial charge in [-0.3, -0.25) is 0 Å². The number of rotatable bonds is 7. The monoisotopic (exact) mass is 811 g/mol. The fourth-order valence-corrected chi connectivity index (χ4v) is 11.6. The summed E-state index contributed by atoms with van der Waals surface area (Å²) in [6.07, 6.45) is 0. The second-order valence-corrected chi connectivity index (χ2v) is 17.8. The summed E-state index contributed by atoms with van der Waals surface area (Å²) in [5.41, 5.74) is 13.2. The molecule has 12 rings (SSSR count). The zero-order valence-electron chi connectivity index (χ0n) is 33.1. The van der Waals surface area contributed by atoms with Crippen LogP contribution in [0.25, 0.3) is 95.6 Å². The van der Waals surface area contributed by atoms with Crippen LogP contribution in [0.4, 0.5) is 17.1 Å². The molecule has 0 saturated heterocycles. The average molecular weight is 812 g/mol. The first-order valence-corrected chi connectivity index (χ1v) is 22.4. The van der Waals surface area contributed by atoms with Crippen LogP contribution in [-0.4, -0.2) is 0 Å². The minimum absolute atomic E-state index is 1.11. The third-order valence-corrected chi connectivity index (χ3v) is 14.4. The molecule has 0 fully saturated rings. The van der Waals surface area contributed by atoms with Gasteiger partial charge in [0, 0.05) is 47.0 Å². The summed E-state index contributed by atoms with van der Waals surface area (Å²) in [6.45, 7) is 0. The highest BCUT2D eigenvalue weighted by atomic mass is 32.1. The van der Waals surface area contributed by atoms with Crippen molar-refractivity contribution in [1.29, 1.82) is 0 Å². The summed E-state index contributed by atoms with van der Waals surface area (Å²) < 4.78 is 5.18. The number of hydrogen-bond donors (Lipinski definition) is 0. The van der Waals surface area contributed by atoms with Gasteiger partial charge in [-0.25, -0.2) is 0 Å². The van der Waals surface area contributed by atoms with Crippen LogP contribution < -0.4 is 4.90 Å². The number of hydrogen-bond acceptors (Lipinski definition) is 3. The van der Waals surface area contributed by atoms with E-state index >= 15 is 0 Å². The molecular weight excluding hydrogens is 775 g/mol. The van der Waals surface area contributed by atoms with Crippen LogP contribution in [-0.2, 0) is 0 Å². The standard InChI is InChI=1S/C58H37NS2/c1-2-14-40(15-3-1)46-17-6-7-18-48(46)49-35-36-52(58-57(49)51-20-9-11-23-54(51)61-58)59(44-31-27-39(28-32-44)43-26-25-38-13-4-5-16-42(38)37-43)45-33-29-41(30-34-45)47-21-12-24-55-56(47)50-19-8-10-22-53(50)60-55/h1-37H. The molecule has 1 nitrogen and oxygen atoms in total. The minimum Gasteiger partial charge on any atom is -0.309 e. The first-order chi connectivity index (χ1) is 30.2. The Morgan fingerprint density at radius 1 is 0.295 bits per heavy atom. The molecule has 0 atom stereocenters. The highest BCUT2D eigenvalue weighted by molar-refractivity contribution is 7.26. The van der Waals surface area contributed by atoms with Crippen LogP contribution in [0.3, 0.4) is 0 Å². The Morgan fingerprint density at radius 3 is 1.62 bits per heavy atom. The Bertz CT molecular complexity index is 3580. The largest absolute Gasteiger partial charge is 0.309 e. The van der Waals surface area contributed by atoms with E-state index in [2.05, 4.69) is 229 Å². The van der Waals surface area contributed by atoms with Crippen molar-refractivity contribution < 1.29 is 0 Å². The van der Waals surface area contributed by atoms with Gasteiger partial charge >= 0.3 is 0 Å². The van der Waals surface area contributed by atoms with Crippen LogP contribution in [0.15, 0.2) is 224 Å². The van der Waals surface area contributed by atoms with Gasteiger partial charge < -0.3 is 4.90 Å². The summed E-state index contributed by atoms with van der Waals surface area (Å²) >= 11 is 3.75. The van der Waals surface area contributed by atoms with Gasteiger partial charge in [0.1, 0.15) is 0 Å². The Labute approximate surface area is 362 Å². The maximum atomic E-state index is 2.46. The summed E-state index contributed by atoms with van der Waals surface area (Å²) in [5, 5.41) is 7.71. The zero-order chi connectivity index (χ0) is 40.3. The molecule has 2 aromatic heterocycles. The van der Waals surface area contributed by atoms with Gasteiger partial charge in [0.2, 0.25) is 0 Å². The van der Waals surface area contributed by atoms with Crippen molar-refractivity contribution in [3.05, 3.63) is 224 Å². The number of nitrogens with zero attached hydrogens (tertiary/aromatic N) is 1. The van der Waals surface area contributed by atoms with Gasteiger partial charge in [-0.1, -0.05) is 170 Å². The van der Waals surface area contributed by atoms with Crippen molar-refractivity contribution in [3.63, 3.8) is 0 Å². The van der Waals surface area contributed by atoms with Crippen LogP contribution in [0, 0.1) is 0 Å². The van der Waals surface area contributed by atoms with E-state index < -0.39 is 0 Å². The molecule has 0 spiro atoms. The maximum absolute atomic E-state index is 2.46. The van der Waals surface area contributed by atoms with Crippen LogP contribution >= 0.6 is 22.7 Å². The molecule has 3 heteroatoms. The molecule has 286 valence electrons. The predicted octanol–water partition coefficient (Wildman–Crippen LogP) is 17.7. The molecule has 0 aliphatic heterocycles. The topological polar surface area (TPSA) is 3.24 Å². The average Bonchev–Trinajstić information content (AvgIpc) is 3.92. The molecule has 12 aromatic rings. The summed E-state index contributed by atoms with van der Waals surface area (Å²) in [6, 6.07) is 82.4. The quantitative estimate of drug-likeness (QED) is 0.155.